The highest BCUT2D eigenvalue weighted by molar-refractivity contribution is 5.83. The van der Waals surface area contributed by atoms with E-state index in [0.717, 1.165) is 22.3 Å². The number of halogens is 1. The van der Waals surface area contributed by atoms with Gasteiger partial charge in [0.25, 0.3) is 0 Å². The summed E-state index contributed by atoms with van der Waals surface area (Å²) >= 11 is 0. The van der Waals surface area contributed by atoms with Crippen LogP contribution in [0.25, 0.3) is 11.1 Å². The Morgan fingerprint density at radius 3 is 2.49 bits per heavy atom. The van der Waals surface area contributed by atoms with Crippen LogP contribution in [0, 0.1) is 5.82 Å². The van der Waals surface area contributed by atoms with E-state index in [9.17, 15) is 14.0 Å². The van der Waals surface area contributed by atoms with Crippen molar-refractivity contribution in [3.63, 3.8) is 0 Å². The Balaban J connectivity index is 1.82. The maximum atomic E-state index is 13.5. The molecule has 0 aliphatic heterocycles. The molecule has 3 aromatic carbocycles. The summed E-state index contributed by atoms with van der Waals surface area (Å²) in [6.45, 7) is 1.91. The Labute approximate surface area is 215 Å². The highest BCUT2D eigenvalue weighted by atomic mass is 19.1. The Hall–Kier alpha value is -4.07. The second-order valence-electron chi connectivity index (χ2n) is 8.90. The molecule has 37 heavy (non-hydrogen) atoms. The van der Waals surface area contributed by atoms with Crippen molar-refractivity contribution in [3.8, 4) is 28.4 Å². The van der Waals surface area contributed by atoms with E-state index in [0.29, 0.717) is 54.3 Å². The Morgan fingerprint density at radius 1 is 1.03 bits per heavy atom. The van der Waals surface area contributed by atoms with Crippen LogP contribution in [0.4, 0.5) is 10.1 Å². The van der Waals surface area contributed by atoms with Gasteiger partial charge in [-0.1, -0.05) is 18.2 Å². The second-order valence-corrected chi connectivity index (χ2v) is 8.90. The zero-order valence-electron chi connectivity index (χ0n) is 21.4. The third kappa shape index (κ3) is 5.53. The molecule has 0 radical (unpaired) electrons. The van der Waals surface area contributed by atoms with Gasteiger partial charge in [0.15, 0.2) is 11.5 Å². The van der Waals surface area contributed by atoms with Gasteiger partial charge in [0.05, 0.1) is 33.1 Å². The minimum atomic E-state index is -0.373. The Kier molecular flexibility index (Phi) is 7.96. The first-order chi connectivity index (χ1) is 17.9. The maximum absolute atomic E-state index is 13.5. The maximum Gasteiger partial charge on any atom is 0.217 e. The van der Waals surface area contributed by atoms with E-state index in [2.05, 4.69) is 10.6 Å². The van der Waals surface area contributed by atoms with E-state index in [1.807, 2.05) is 18.2 Å². The molecular formula is C29H31FN2O5. The van der Waals surface area contributed by atoms with Crippen LogP contribution >= 0.6 is 0 Å². The first-order valence-electron chi connectivity index (χ1n) is 12.1. The summed E-state index contributed by atoms with van der Waals surface area (Å²) in [6, 6.07) is 13.1. The number of benzene rings is 2. The number of methoxy groups -OCH3 is 3. The van der Waals surface area contributed by atoms with Crippen molar-refractivity contribution in [2.24, 2.45) is 0 Å². The lowest BCUT2D eigenvalue weighted by atomic mass is 9.95. The fourth-order valence-corrected chi connectivity index (χ4v) is 4.89. The summed E-state index contributed by atoms with van der Waals surface area (Å²) < 4.78 is 30.5. The van der Waals surface area contributed by atoms with Gasteiger partial charge in [-0.05, 0) is 71.8 Å². The predicted molar refractivity (Wildman–Crippen MR) is 141 cm³/mol. The van der Waals surface area contributed by atoms with Crippen molar-refractivity contribution < 1.29 is 23.4 Å². The zero-order chi connectivity index (χ0) is 26.5. The normalized spacial score (nSPS) is 14.0. The van der Waals surface area contributed by atoms with E-state index >= 15 is 0 Å². The number of amides is 1. The smallest absolute Gasteiger partial charge is 0.217 e. The van der Waals surface area contributed by atoms with E-state index in [4.69, 9.17) is 14.2 Å². The lowest BCUT2D eigenvalue weighted by Gasteiger charge is -2.19. The first kappa shape index (κ1) is 26.0. The molecule has 1 amide bonds. The topological polar surface area (TPSA) is 85.9 Å². The van der Waals surface area contributed by atoms with Crippen LogP contribution in [0.15, 0.2) is 53.3 Å². The number of anilines is 1. The summed E-state index contributed by atoms with van der Waals surface area (Å²) in [5.41, 5.74) is 4.25. The van der Waals surface area contributed by atoms with Crippen LogP contribution in [-0.2, 0) is 17.6 Å². The molecule has 0 fully saturated rings. The van der Waals surface area contributed by atoms with Crippen molar-refractivity contribution in [2.45, 2.75) is 32.2 Å². The average Bonchev–Trinajstić information content (AvgIpc) is 3.11. The summed E-state index contributed by atoms with van der Waals surface area (Å²) in [6.07, 6.45) is 1.77. The fourth-order valence-electron chi connectivity index (χ4n) is 4.89. The van der Waals surface area contributed by atoms with Crippen molar-refractivity contribution in [1.82, 2.24) is 5.32 Å². The van der Waals surface area contributed by atoms with Gasteiger partial charge in [-0.15, -0.1) is 0 Å². The summed E-state index contributed by atoms with van der Waals surface area (Å²) in [7, 11) is 4.68. The number of aryl methyl sites for hydroxylation is 1. The lowest BCUT2D eigenvalue weighted by molar-refractivity contribution is -0.119. The molecule has 0 bridgehead atoms. The molecule has 0 aromatic heterocycles. The molecule has 0 saturated heterocycles. The van der Waals surface area contributed by atoms with Gasteiger partial charge in [-0.25, -0.2) is 4.39 Å². The number of carbonyl (C=O) groups is 1. The molecule has 1 unspecified atom stereocenters. The molecule has 1 atom stereocenters. The molecule has 194 valence electrons. The van der Waals surface area contributed by atoms with Gasteiger partial charge in [0.1, 0.15) is 5.82 Å². The fraction of sp³-hybridized carbons (Fsp3) is 0.310. The molecule has 7 nitrogen and oxygen atoms in total. The number of rotatable bonds is 8. The minimum absolute atomic E-state index is 0.184. The first-order valence-corrected chi connectivity index (χ1v) is 12.1. The molecule has 0 heterocycles. The van der Waals surface area contributed by atoms with Crippen LogP contribution in [0.3, 0.4) is 0 Å². The van der Waals surface area contributed by atoms with Crippen molar-refractivity contribution in [1.29, 1.82) is 0 Å². The lowest BCUT2D eigenvalue weighted by Crippen LogP contribution is -2.26. The Morgan fingerprint density at radius 2 is 1.81 bits per heavy atom. The molecule has 0 saturated carbocycles. The predicted octanol–water partition coefficient (Wildman–Crippen LogP) is 4.66. The standard InChI is InChI=1S/C29H31FN2O5/c1-17(33)32-23-10-8-19-15-26(35-2)28(36-3)29(37-4)27(19)21-9-11-24(25(34)16-22(21)23)31-13-12-18-6-5-7-20(30)14-18/h5-7,9,11,14-16,23H,8,10,12-13H2,1-4H3,(H,31,34)(H,32,33). The monoisotopic (exact) mass is 506 g/mol. The number of carbonyl (C=O) groups excluding carboxylic acids is 1. The quantitative estimate of drug-likeness (QED) is 0.462. The third-order valence-electron chi connectivity index (χ3n) is 6.53. The van der Waals surface area contributed by atoms with Crippen LogP contribution < -0.4 is 30.3 Å². The number of nitrogens with one attached hydrogen (secondary N) is 2. The largest absolute Gasteiger partial charge is 0.493 e. The number of fused-ring (bicyclic) bond motifs is 3. The molecule has 3 aromatic rings. The number of ether oxygens (including phenoxy) is 3. The van der Waals surface area contributed by atoms with Crippen LogP contribution in [-0.4, -0.2) is 33.8 Å². The Bertz CT molecular complexity index is 1380. The number of hydrogen-bond donors (Lipinski definition) is 2. The van der Waals surface area contributed by atoms with Gasteiger partial charge in [0.2, 0.25) is 17.1 Å². The van der Waals surface area contributed by atoms with Crippen molar-refractivity contribution in [3.05, 3.63) is 81.3 Å². The van der Waals surface area contributed by atoms with Crippen molar-refractivity contribution in [2.75, 3.05) is 33.2 Å². The molecule has 8 heteroatoms. The molecule has 1 aliphatic carbocycles. The average molecular weight is 507 g/mol. The van der Waals surface area contributed by atoms with Gasteiger partial charge in [-0.2, -0.15) is 0 Å². The SMILES string of the molecule is COc1cc2c(c(OC)c1OC)-c1ccc(NCCc3cccc(F)c3)c(=O)cc1C(NC(C)=O)CC2. The van der Waals surface area contributed by atoms with Crippen LogP contribution in [0.2, 0.25) is 0 Å². The molecule has 1 aliphatic rings. The molecule has 4 rings (SSSR count). The minimum Gasteiger partial charge on any atom is -0.493 e. The highest BCUT2D eigenvalue weighted by Crippen LogP contribution is 2.50. The van der Waals surface area contributed by atoms with Gasteiger partial charge in [0, 0.05) is 19.0 Å². The molecular weight excluding hydrogens is 475 g/mol. The van der Waals surface area contributed by atoms with Crippen molar-refractivity contribution >= 4 is 11.6 Å². The van der Waals surface area contributed by atoms with Crippen LogP contribution in [0.1, 0.15) is 36.1 Å². The van der Waals surface area contributed by atoms with Gasteiger partial charge < -0.3 is 24.8 Å². The number of hydrogen-bond acceptors (Lipinski definition) is 6. The zero-order valence-corrected chi connectivity index (χ0v) is 21.4. The molecule has 2 N–H and O–H groups in total. The summed E-state index contributed by atoms with van der Waals surface area (Å²) in [4.78, 5) is 25.4. The summed E-state index contributed by atoms with van der Waals surface area (Å²) in [5.74, 6) is 1.02. The van der Waals surface area contributed by atoms with E-state index in [1.54, 1.807) is 39.5 Å². The second kappa shape index (κ2) is 11.3. The highest BCUT2D eigenvalue weighted by Gasteiger charge is 2.29. The van der Waals surface area contributed by atoms with Gasteiger partial charge in [-0.3, -0.25) is 9.59 Å². The van der Waals surface area contributed by atoms with Gasteiger partial charge >= 0.3 is 0 Å². The van der Waals surface area contributed by atoms with Crippen LogP contribution in [0.5, 0.6) is 17.2 Å². The third-order valence-corrected chi connectivity index (χ3v) is 6.53. The summed E-state index contributed by atoms with van der Waals surface area (Å²) in [5, 5.41) is 6.19. The van der Waals surface area contributed by atoms with E-state index < -0.39 is 0 Å². The van der Waals surface area contributed by atoms with E-state index in [-0.39, 0.29) is 23.2 Å². The van der Waals surface area contributed by atoms with E-state index in [1.165, 1.54) is 19.1 Å². The molecule has 0 spiro atoms.